The van der Waals surface area contributed by atoms with Crippen molar-refractivity contribution >= 4 is 18.0 Å². The topological polar surface area (TPSA) is 96.0 Å². The van der Waals surface area contributed by atoms with Gasteiger partial charge in [-0.2, -0.15) is 13.2 Å². The molecule has 6 nitrogen and oxygen atoms in total. The van der Waals surface area contributed by atoms with Crippen molar-refractivity contribution in [3.8, 4) is 0 Å². The number of hydrogen-bond donors (Lipinski definition) is 2. The number of aliphatic hydroxyl groups is 1. The van der Waals surface area contributed by atoms with Crippen molar-refractivity contribution in [3.05, 3.63) is 47.5 Å². The van der Waals surface area contributed by atoms with Crippen LogP contribution in [0.15, 0.2) is 41.4 Å². The lowest BCUT2D eigenvalue weighted by Gasteiger charge is -2.40. The van der Waals surface area contributed by atoms with Crippen molar-refractivity contribution in [2.75, 3.05) is 0 Å². The number of aliphatic imine (C=N–C) groups is 1. The molecule has 1 heterocycles. The number of rotatable bonds is 6. The van der Waals surface area contributed by atoms with Gasteiger partial charge in [0.15, 0.2) is 5.60 Å². The Morgan fingerprint density at radius 2 is 1.59 bits per heavy atom. The number of carbonyl (C=O) groups is 2. The summed E-state index contributed by atoms with van der Waals surface area (Å²) >= 11 is 0. The van der Waals surface area contributed by atoms with Crippen molar-refractivity contribution in [1.29, 1.82) is 0 Å². The minimum atomic E-state index is -4.82. The summed E-state index contributed by atoms with van der Waals surface area (Å²) in [6.45, 7) is 0.703. The highest BCUT2D eigenvalue weighted by Gasteiger charge is 2.51. The summed E-state index contributed by atoms with van der Waals surface area (Å²) in [6.07, 6.45) is 5.69. The first-order valence-electron chi connectivity index (χ1n) is 11.7. The van der Waals surface area contributed by atoms with Crippen molar-refractivity contribution < 1.29 is 27.9 Å². The molecule has 0 spiro atoms. The molecular formula is C25H30F3N3O3. The Labute approximate surface area is 196 Å². The first kappa shape index (κ1) is 24.4. The van der Waals surface area contributed by atoms with Gasteiger partial charge in [0.1, 0.15) is 6.04 Å². The Kier molecular flexibility index (Phi) is 6.59. The number of nitrogens with two attached hydrogens (primary N) is 1. The number of alkyl halides is 3. The lowest BCUT2D eigenvalue weighted by atomic mass is 9.74. The molecule has 0 aromatic heterocycles. The monoisotopic (exact) mass is 477 g/mol. The van der Waals surface area contributed by atoms with Gasteiger partial charge in [-0.05, 0) is 75.1 Å². The molecule has 184 valence electrons. The Hall–Kier alpha value is -2.68. The van der Waals surface area contributed by atoms with Gasteiger partial charge < -0.3 is 15.7 Å². The van der Waals surface area contributed by atoms with E-state index in [0.29, 0.717) is 12.5 Å². The molecule has 3 atom stereocenters. The molecular weight excluding hydrogens is 447 g/mol. The van der Waals surface area contributed by atoms with Crippen molar-refractivity contribution in [1.82, 2.24) is 4.90 Å². The summed E-state index contributed by atoms with van der Waals surface area (Å²) in [5, 5.41) is 9.89. The van der Waals surface area contributed by atoms with Crippen LogP contribution in [-0.4, -0.2) is 52.3 Å². The number of carbonyl (C=O) groups excluding carboxylic acids is 2. The summed E-state index contributed by atoms with van der Waals surface area (Å²) in [4.78, 5) is 31.3. The van der Waals surface area contributed by atoms with Crippen LogP contribution in [0.3, 0.4) is 0 Å². The summed E-state index contributed by atoms with van der Waals surface area (Å²) < 4.78 is 39.4. The average molecular weight is 478 g/mol. The maximum Gasteiger partial charge on any atom is 0.421 e. The average Bonchev–Trinajstić information content (AvgIpc) is 3.64. The molecule has 2 unspecified atom stereocenters. The van der Waals surface area contributed by atoms with Crippen LogP contribution in [0, 0.1) is 11.8 Å². The third-order valence-corrected chi connectivity index (χ3v) is 7.42. The van der Waals surface area contributed by atoms with Crippen LogP contribution in [0.1, 0.15) is 61.4 Å². The summed E-state index contributed by atoms with van der Waals surface area (Å²) in [7, 11) is 0. The number of nitrogens with zero attached hydrogens (tertiary/aromatic N) is 2. The van der Waals surface area contributed by atoms with Gasteiger partial charge in [-0.1, -0.05) is 18.2 Å². The number of primary amides is 1. The lowest BCUT2D eigenvalue weighted by Crippen LogP contribution is -2.46. The van der Waals surface area contributed by atoms with Gasteiger partial charge in [0.2, 0.25) is 5.91 Å². The van der Waals surface area contributed by atoms with Gasteiger partial charge in [0, 0.05) is 29.8 Å². The van der Waals surface area contributed by atoms with Crippen LogP contribution in [-0.2, 0) is 10.4 Å². The second kappa shape index (κ2) is 9.17. The van der Waals surface area contributed by atoms with Crippen molar-refractivity contribution in [2.24, 2.45) is 22.6 Å². The fourth-order valence-corrected chi connectivity index (χ4v) is 5.20. The van der Waals surface area contributed by atoms with E-state index < -0.39 is 23.7 Å². The first-order chi connectivity index (χ1) is 16.0. The number of halogens is 3. The molecule has 1 aromatic carbocycles. The van der Waals surface area contributed by atoms with E-state index in [2.05, 4.69) is 4.99 Å². The molecule has 2 aliphatic carbocycles. The van der Waals surface area contributed by atoms with Crippen molar-refractivity contribution in [3.63, 3.8) is 0 Å². The standard InChI is InChI=1S/C25H30F3N3O3/c1-24(34,25(26,27)28)17-8-4-16(5-9-17)23(33)31(19-12-13-19)18-10-6-15(7-11-18)20-3-2-14-30-21(20)22(29)32/h2-5,8-9,14-15,18-21,34H,6-7,10-13H2,1H3,(H2,29,32)/t15?,18?,20?,21?,24-/m0/s1. The van der Waals surface area contributed by atoms with Gasteiger partial charge in [-0.3, -0.25) is 14.6 Å². The minimum absolute atomic E-state index is 0.0392. The number of hydrogen-bond acceptors (Lipinski definition) is 4. The van der Waals surface area contributed by atoms with Crippen molar-refractivity contribution in [2.45, 2.75) is 75.4 Å². The molecule has 1 aliphatic heterocycles. The molecule has 4 rings (SSSR count). The highest BCUT2D eigenvalue weighted by Crippen LogP contribution is 2.41. The molecule has 9 heteroatoms. The normalized spacial score (nSPS) is 28.9. The molecule has 0 bridgehead atoms. The van der Waals surface area contributed by atoms with Gasteiger partial charge >= 0.3 is 6.18 Å². The van der Waals surface area contributed by atoms with E-state index in [1.807, 2.05) is 17.1 Å². The number of amides is 2. The van der Waals surface area contributed by atoms with E-state index in [0.717, 1.165) is 38.5 Å². The zero-order valence-corrected chi connectivity index (χ0v) is 19.0. The molecule has 3 aliphatic rings. The summed E-state index contributed by atoms with van der Waals surface area (Å²) in [6, 6.07) is 4.69. The minimum Gasteiger partial charge on any atom is -0.376 e. The fourth-order valence-electron chi connectivity index (χ4n) is 5.20. The van der Waals surface area contributed by atoms with Crippen LogP contribution in [0.4, 0.5) is 13.2 Å². The van der Waals surface area contributed by atoms with Gasteiger partial charge in [0.05, 0.1) is 0 Å². The maximum atomic E-state index is 13.4. The zero-order chi connectivity index (χ0) is 24.7. The van der Waals surface area contributed by atoms with Crippen LogP contribution >= 0.6 is 0 Å². The lowest BCUT2D eigenvalue weighted by molar-refractivity contribution is -0.258. The van der Waals surface area contributed by atoms with Crippen LogP contribution in [0.2, 0.25) is 0 Å². The fraction of sp³-hybridized carbons (Fsp3) is 0.560. The predicted molar refractivity (Wildman–Crippen MR) is 121 cm³/mol. The third-order valence-electron chi connectivity index (χ3n) is 7.42. The second-order valence-electron chi connectivity index (χ2n) is 9.77. The largest absolute Gasteiger partial charge is 0.421 e. The van der Waals surface area contributed by atoms with Crippen LogP contribution < -0.4 is 5.73 Å². The summed E-state index contributed by atoms with van der Waals surface area (Å²) in [5.41, 5.74) is 2.56. The third kappa shape index (κ3) is 4.76. The predicted octanol–water partition coefficient (Wildman–Crippen LogP) is 3.73. The molecule has 2 fully saturated rings. The molecule has 0 radical (unpaired) electrons. The Bertz CT molecular complexity index is 975. The van der Waals surface area contributed by atoms with Gasteiger partial charge in [-0.25, -0.2) is 0 Å². The molecule has 2 saturated carbocycles. The molecule has 0 saturated heterocycles. The SMILES string of the molecule is C[C@](O)(c1ccc(C(=O)N(C2CCC(C3C=CC=NC3C(N)=O)CC2)C2CC2)cc1)C(F)(F)F. The zero-order valence-electron chi connectivity index (χ0n) is 19.0. The van der Waals surface area contributed by atoms with Gasteiger partial charge in [0.25, 0.3) is 5.91 Å². The molecule has 2 amide bonds. The number of allylic oxidation sites excluding steroid dienone is 1. The number of benzene rings is 1. The number of dihydropyridines is 1. The highest BCUT2D eigenvalue weighted by molar-refractivity contribution is 5.95. The highest BCUT2D eigenvalue weighted by atomic mass is 19.4. The smallest absolute Gasteiger partial charge is 0.376 e. The maximum absolute atomic E-state index is 13.4. The molecule has 34 heavy (non-hydrogen) atoms. The molecule has 1 aromatic rings. The van der Waals surface area contributed by atoms with Crippen LogP contribution in [0.5, 0.6) is 0 Å². The molecule has 3 N–H and O–H groups in total. The summed E-state index contributed by atoms with van der Waals surface area (Å²) in [5.74, 6) is -0.415. The Balaban J connectivity index is 1.44. The van der Waals surface area contributed by atoms with E-state index in [1.54, 1.807) is 6.21 Å². The Morgan fingerprint density at radius 3 is 2.09 bits per heavy atom. The quantitative estimate of drug-likeness (QED) is 0.654. The first-order valence-corrected chi connectivity index (χ1v) is 11.7. The van der Waals surface area contributed by atoms with Gasteiger partial charge in [-0.15, -0.1) is 0 Å². The van der Waals surface area contributed by atoms with Crippen LogP contribution in [0.25, 0.3) is 0 Å². The van der Waals surface area contributed by atoms with E-state index in [4.69, 9.17) is 5.73 Å². The van der Waals surface area contributed by atoms with E-state index in [9.17, 15) is 27.9 Å². The second-order valence-corrected chi connectivity index (χ2v) is 9.77. The van der Waals surface area contributed by atoms with E-state index in [1.165, 1.54) is 24.3 Å². The van der Waals surface area contributed by atoms with E-state index in [-0.39, 0.29) is 35.4 Å². The Morgan fingerprint density at radius 1 is 1.03 bits per heavy atom. The van der Waals surface area contributed by atoms with E-state index >= 15 is 0 Å².